The van der Waals surface area contributed by atoms with E-state index in [1.165, 1.54) is 5.56 Å². The third-order valence-corrected chi connectivity index (χ3v) is 3.43. The van der Waals surface area contributed by atoms with E-state index >= 15 is 0 Å². The molecule has 1 N–H and O–H groups in total. The highest BCUT2D eigenvalue weighted by atomic mass is 16.5. The molecule has 0 amide bonds. The maximum Gasteiger partial charge on any atom is 0.123 e. The first kappa shape index (κ1) is 10.5. The third-order valence-electron chi connectivity index (χ3n) is 3.43. The summed E-state index contributed by atoms with van der Waals surface area (Å²) in [5.41, 5.74) is 1.37. The molecular formula is C13H18O2. The molecule has 15 heavy (non-hydrogen) atoms. The molecule has 1 fully saturated rings. The largest absolute Gasteiger partial charge is 0.494 e. The molecule has 1 aromatic rings. The Hall–Kier alpha value is -1.02. The van der Waals surface area contributed by atoms with Crippen molar-refractivity contribution in [1.29, 1.82) is 0 Å². The quantitative estimate of drug-likeness (QED) is 0.819. The molecule has 0 aromatic heterocycles. The highest BCUT2D eigenvalue weighted by Crippen LogP contribution is 2.55. The molecule has 0 spiro atoms. The van der Waals surface area contributed by atoms with E-state index in [2.05, 4.69) is 13.0 Å². The fraction of sp³-hybridized carbons (Fsp3) is 0.538. The molecule has 0 aliphatic heterocycles. The standard InChI is InChI=1S/C13H18O2/c1-3-15-12-7-5-4-6-11(12)13(2)8-10(13)9-14/h4-7,10,14H,3,8-9H2,1-2H3. The van der Waals surface area contributed by atoms with Gasteiger partial charge in [-0.1, -0.05) is 25.1 Å². The number of rotatable bonds is 4. The first-order valence-corrected chi connectivity index (χ1v) is 5.55. The maximum absolute atomic E-state index is 9.18. The molecular weight excluding hydrogens is 188 g/mol. The normalized spacial score (nSPS) is 28.9. The van der Waals surface area contributed by atoms with Gasteiger partial charge in [-0.05, 0) is 25.3 Å². The van der Waals surface area contributed by atoms with Gasteiger partial charge in [0, 0.05) is 17.6 Å². The molecule has 1 aromatic carbocycles. The summed E-state index contributed by atoms with van der Waals surface area (Å²) in [5.74, 6) is 1.37. The van der Waals surface area contributed by atoms with Crippen LogP contribution < -0.4 is 4.74 Å². The molecule has 2 heteroatoms. The highest BCUT2D eigenvalue weighted by Gasteiger charge is 2.51. The van der Waals surface area contributed by atoms with Crippen LogP contribution in [-0.4, -0.2) is 18.3 Å². The van der Waals surface area contributed by atoms with Crippen LogP contribution in [0.4, 0.5) is 0 Å². The number of para-hydroxylation sites is 1. The van der Waals surface area contributed by atoms with Crippen molar-refractivity contribution >= 4 is 0 Å². The Morgan fingerprint density at radius 2 is 2.20 bits per heavy atom. The smallest absolute Gasteiger partial charge is 0.123 e. The number of aliphatic hydroxyl groups is 1. The predicted octanol–water partition coefficient (Wildman–Crippen LogP) is 2.36. The van der Waals surface area contributed by atoms with E-state index in [1.807, 2.05) is 25.1 Å². The monoisotopic (exact) mass is 206 g/mol. The molecule has 82 valence electrons. The summed E-state index contributed by atoms with van der Waals surface area (Å²) >= 11 is 0. The van der Waals surface area contributed by atoms with E-state index in [0.717, 1.165) is 12.2 Å². The zero-order chi connectivity index (χ0) is 10.9. The van der Waals surface area contributed by atoms with Gasteiger partial charge in [-0.25, -0.2) is 0 Å². The van der Waals surface area contributed by atoms with Crippen LogP contribution in [0.25, 0.3) is 0 Å². The molecule has 2 rings (SSSR count). The van der Waals surface area contributed by atoms with Gasteiger partial charge in [-0.2, -0.15) is 0 Å². The van der Waals surface area contributed by atoms with Crippen LogP contribution in [0.1, 0.15) is 25.8 Å². The second-order valence-corrected chi connectivity index (χ2v) is 4.43. The van der Waals surface area contributed by atoms with E-state index < -0.39 is 0 Å². The lowest BCUT2D eigenvalue weighted by atomic mass is 9.94. The van der Waals surface area contributed by atoms with Crippen molar-refractivity contribution in [3.05, 3.63) is 29.8 Å². The van der Waals surface area contributed by atoms with Gasteiger partial charge in [0.15, 0.2) is 0 Å². The van der Waals surface area contributed by atoms with Gasteiger partial charge >= 0.3 is 0 Å². The van der Waals surface area contributed by atoms with Crippen LogP contribution >= 0.6 is 0 Å². The van der Waals surface area contributed by atoms with E-state index in [1.54, 1.807) is 0 Å². The molecule has 2 nitrogen and oxygen atoms in total. The third kappa shape index (κ3) is 1.74. The molecule has 2 unspecified atom stereocenters. The molecule has 0 saturated heterocycles. The Balaban J connectivity index is 2.28. The van der Waals surface area contributed by atoms with Crippen molar-refractivity contribution in [2.24, 2.45) is 5.92 Å². The summed E-state index contributed by atoms with van der Waals surface area (Å²) in [6, 6.07) is 8.15. The van der Waals surface area contributed by atoms with Crippen molar-refractivity contribution in [3.8, 4) is 5.75 Å². The van der Waals surface area contributed by atoms with Crippen molar-refractivity contribution in [2.75, 3.05) is 13.2 Å². The zero-order valence-corrected chi connectivity index (χ0v) is 9.36. The summed E-state index contributed by atoms with van der Waals surface area (Å²) in [4.78, 5) is 0. The minimum absolute atomic E-state index is 0.126. The summed E-state index contributed by atoms with van der Waals surface area (Å²) in [6.07, 6.45) is 1.06. The summed E-state index contributed by atoms with van der Waals surface area (Å²) in [5, 5.41) is 9.18. The number of benzene rings is 1. The summed E-state index contributed by atoms with van der Waals surface area (Å²) < 4.78 is 5.61. The van der Waals surface area contributed by atoms with Crippen LogP contribution in [0, 0.1) is 5.92 Å². The van der Waals surface area contributed by atoms with Gasteiger partial charge in [0.05, 0.1) is 6.61 Å². The van der Waals surface area contributed by atoms with E-state index in [4.69, 9.17) is 4.74 Å². The lowest BCUT2D eigenvalue weighted by Crippen LogP contribution is -2.09. The van der Waals surface area contributed by atoms with Crippen molar-refractivity contribution in [1.82, 2.24) is 0 Å². The Labute approximate surface area is 90.9 Å². The van der Waals surface area contributed by atoms with Gasteiger partial charge < -0.3 is 9.84 Å². The topological polar surface area (TPSA) is 29.5 Å². The van der Waals surface area contributed by atoms with E-state index in [0.29, 0.717) is 12.5 Å². The predicted molar refractivity (Wildman–Crippen MR) is 60.2 cm³/mol. The lowest BCUT2D eigenvalue weighted by molar-refractivity contribution is 0.264. The first-order chi connectivity index (χ1) is 7.22. The van der Waals surface area contributed by atoms with E-state index in [-0.39, 0.29) is 12.0 Å². The number of hydrogen-bond acceptors (Lipinski definition) is 2. The minimum atomic E-state index is 0.126. The molecule has 1 aliphatic carbocycles. The SMILES string of the molecule is CCOc1ccccc1C1(C)CC1CO. The van der Waals surface area contributed by atoms with E-state index in [9.17, 15) is 5.11 Å². The van der Waals surface area contributed by atoms with Crippen molar-refractivity contribution in [3.63, 3.8) is 0 Å². The molecule has 1 aliphatic rings. The Morgan fingerprint density at radius 3 is 2.80 bits per heavy atom. The lowest BCUT2D eigenvalue weighted by Gasteiger charge is -2.16. The Kier molecular flexibility index (Phi) is 2.70. The fourth-order valence-corrected chi connectivity index (χ4v) is 2.27. The van der Waals surface area contributed by atoms with Crippen LogP contribution in [0.2, 0.25) is 0 Å². The first-order valence-electron chi connectivity index (χ1n) is 5.55. The van der Waals surface area contributed by atoms with Crippen molar-refractivity contribution < 1.29 is 9.84 Å². The molecule has 1 saturated carbocycles. The maximum atomic E-state index is 9.18. The Morgan fingerprint density at radius 1 is 1.47 bits per heavy atom. The molecule has 0 heterocycles. The zero-order valence-electron chi connectivity index (χ0n) is 9.36. The van der Waals surface area contributed by atoms with Gasteiger partial charge in [0.1, 0.15) is 5.75 Å². The molecule has 2 atom stereocenters. The fourth-order valence-electron chi connectivity index (χ4n) is 2.27. The van der Waals surface area contributed by atoms with Crippen molar-refractivity contribution in [2.45, 2.75) is 25.7 Å². The molecule has 0 bridgehead atoms. The Bertz CT molecular complexity index is 348. The average molecular weight is 206 g/mol. The summed E-state index contributed by atoms with van der Waals surface area (Å²) in [7, 11) is 0. The van der Waals surface area contributed by atoms with Crippen LogP contribution in [0.3, 0.4) is 0 Å². The average Bonchev–Trinajstić information content (AvgIpc) is 2.92. The van der Waals surface area contributed by atoms with Crippen LogP contribution in [0.15, 0.2) is 24.3 Å². The molecule has 0 radical (unpaired) electrons. The second-order valence-electron chi connectivity index (χ2n) is 4.43. The van der Waals surface area contributed by atoms with Crippen LogP contribution in [0.5, 0.6) is 5.75 Å². The van der Waals surface area contributed by atoms with Crippen LogP contribution in [-0.2, 0) is 5.41 Å². The number of hydrogen-bond donors (Lipinski definition) is 1. The minimum Gasteiger partial charge on any atom is -0.494 e. The van der Waals surface area contributed by atoms with Gasteiger partial charge in [0.25, 0.3) is 0 Å². The highest BCUT2D eigenvalue weighted by molar-refractivity contribution is 5.43. The van der Waals surface area contributed by atoms with Gasteiger partial charge in [-0.15, -0.1) is 0 Å². The second kappa shape index (κ2) is 3.86. The summed E-state index contributed by atoms with van der Waals surface area (Å²) in [6.45, 7) is 5.16. The van der Waals surface area contributed by atoms with Gasteiger partial charge in [-0.3, -0.25) is 0 Å². The number of ether oxygens (including phenoxy) is 1. The number of aliphatic hydroxyl groups excluding tert-OH is 1. The van der Waals surface area contributed by atoms with Gasteiger partial charge in [0.2, 0.25) is 0 Å².